The molecule has 0 saturated heterocycles. The summed E-state index contributed by atoms with van der Waals surface area (Å²) in [6.07, 6.45) is 6.74. The van der Waals surface area contributed by atoms with Gasteiger partial charge in [-0.3, -0.25) is 4.79 Å². The van der Waals surface area contributed by atoms with Gasteiger partial charge < -0.3 is 4.57 Å². The topological polar surface area (TPSA) is 34.1 Å². The smallest absolute Gasteiger partial charge is 0.221 e. The van der Waals surface area contributed by atoms with Gasteiger partial charge in [-0.2, -0.15) is 0 Å². The molecule has 25 heavy (non-hydrogen) atoms. The summed E-state index contributed by atoms with van der Waals surface area (Å²) in [6, 6.07) is 15.3. The number of carbonyl (C=O) groups excluding carboxylic acids is 1. The molecule has 1 unspecified atom stereocenters. The molecule has 2 aromatic rings. The van der Waals surface area contributed by atoms with Gasteiger partial charge in [0.15, 0.2) is 0 Å². The molecule has 0 aromatic heterocycles. The number of aryl methyl sites for hydroxylation is 1. The van der Waals surface area contributed by atoms with Crippen LogP contribution >= 0.6 is 31.0 Å². The summed E-state index contributed by atoms with van der Waals surface area (Å²) >= 11 is 12.0. The van der Waals surface area contributed by atoms with Crippen LogP contribution in [-0.2, 0) is 11.0 Å². The molecule has 0 aliphatic rings. The van der Waals surface area contributed by atoms with Crippen LogP contribution in [0.1, 0.15) is 48.0 Å². The highest BCUT2D eigenvalue weighted by molar-refractivity contribution is 7.64. The highest BCUT2D eigenvalue weighted by atomic mass is 35.5. The van der Waals surface area contributed by atoms with Crippen LogP contribution < -0.4 is 0 Å². The number of hydrogen-bond donors (Lipinski definition) is 0. The Kier molecular flexibility index (Phi) is 8.75. The predicted octanol–water partition coefficient (Wildman–Crippen LogP) is 6.89. The van der Waals surface area contributed by atoms with Crippen molar-refractivity contribution < 1.29 is 9.36 Å². The van der Waals surface area contributed by atoms with Crippen molar-refractivity contribution in [2.24, 2.45) is 0 Å². The number of carbonyl (C=O) groups is 1. The Balaban J connectivity index is 1.64. The summed E-state index contributed by atoms with van der Waals surface area (Å²) in [4.78, 5) is 12.3. The zero-order chi connectivity index (χ0) is 18.1. The molecule has 2 rings (SSSR count). The molecule has 0 radical (unpaired) electrons. The van der Waals surface area contributed by atoms with E-state index >= 15 is 0 Å². The normalized spacial score (nSPS) is 12.1. The Morgan fingerprint density at radius 2 is 1.40 bits per heavy atom. The highest BCUT2D eigenvalue weighted by Crippen LogP contribution is 2.35. The van der Waals surface area contributed by atoms with Crippen molar-refractivity contribution in [1.29, 1.82) is 0 Å². The second-order valence-corrected chi connectivity index (χ2v) is 8.72. The molecule has 0 amide bonds. The molecule has 0 aliphatic heterocycles. The first kappa shape index (κ1) is 20.2. The Morgan fingerprint density at radius 3 is 2.08 bits per heavy atom. The van der Waals surface area contributed by atoms with Gasteiger partial charge in [0.25, 0.3) is 0 Å². The first-order valence-corrected chi connectivity index (χ1v) is 11.0. The van der Waals surface area contributed by atoms with Crippen LogP contribution in [0, 0.1) is 0 Å². The fourth-order valence-electron chi connectivity index (χ4n) is 2.76. The van der Waals surface area contributed by atoms with Gasteiger partial charge in [-0.25, -0.2) is 0 Å². The third-order valence-corrected chi connectivity index (χ3v) is 6.35. The van der Waals surface area contributed by atoms with Crippen molar-refractivity contribution >= 4 is 36.5 Å². The molecule has 2 aromatic carbocycles. The van der Waals surface area contributed by atoms with Gasteiger partial charge in [-0.15, -0.1) is 0 Å². The number of hydrogen-bond acceptors (Lipinski definition) is 2. The van der Waals surface area contributed by atoms with Crippen LogP contribution in [0.25, 0.3) is 0 Å². The van der Waals surface area contributed by atoms with E-state index in [0.717, 1.165) is 38.5 Å². The lowest BCUT2D eigenvalue weighted by atomic mass is 10.1. The van der Waals surface area contributed by atoms with Crippen LogP contribution in [-0.4, -0.2) is 11.7 Å². The molecule has 0 N–H and O–H groups in total. The van der Waals surface area contributed by atoms with Crippen molar-refractivity contribution in [2.75, 3.05) is 6.16 Å². The maximum absolute atomic E-state index is 12.3. The van der Waals surface area contributed by atoms with E-state index in [2.05, 4.69) is 24.3 Å². The van der Waals surface area contributed by atoms with Crippen LogP contribution in [0.5, 0.6) is 0 Å². The van der Waals surface area contributed by atoms with Gasteiger partial charge in [0, 0.05) is 6.16 Å². The van der Waals surface area contributed by atoms with Crippen molar-refractivity contribution in [3.8, 4) is 0 Å². The largest absolute Gasteiger partial charge is 0.318 e. The molecule has 5 heteroatoms. The zero-order valence-corrected chi connectivity index (χ0v) is 16.7. The Hall–Kier alpha value is -1.08. The maximum Gasteiger partial charge on any atom is 0.221 e. The Bertz CT molecular complexity index is 697. The van der Waals surface area contributed by atoms with E-state index < -0.39 is 13.3 Å². The fourth-order valence-corrected chi connectivity index (χ4v) is 4.83. The van der Waals surface area contributed by atoms with Gasteiger partial charge in [-0.1, -0.05) is 78.9 Å². The van der Waals surface area contributed by atoms with E-state index in [1.54, 1.807) is 18.2 Å². The van der Waals surface area contributed by atoms with Crippen molar-refractivity contribution in [3.63, 3.8) is 0 Å². The second kappa shape index (κ2) is 10.8. The minimum absolute atomic E-state index is 0.206. The van der Waals surface area contributed by atoms with Crippen LogP contribution in [0.4, 0.5) is 0 Å². The second-order valence-electron chi connectivity index (χ2n) is 6.10. The summed E-state index contributed by atoms with van der Waals surface area (Å²) in [6.45, 7) is 0. The predicted molar refractivity (Wildman–Crippen MR) is 108 cm³/mol. The van der Waals surface area contributed by atoms with E-state index in [0.29, 0.717) is 6.16 Å². The molecule has 0 saturated carbocycles. The molecule has 0 aliphatic carbocycles. The van der Waals surface area contributed by atoms with Crippen LogP contribution in [0.2, 0.25) is 10.0 Å². The lowest BCUT2D eigenvalue weighted by Crippen LogP contribution is -1.98. The molecule has 0 fully saturated rings. The summed E-state index contributed by atoms with van der Waals surface area (Å²) in [5.41, 5.74) is 1.18. The summed E-state index contributed by atoms with van der Waals surface area (Å²) in [5.74, 6) is 0. The van der Waals surface area contributed by atoms with E-state index in [9.17, 15) is 9.36 Å². The van der Waals surface area contributed by atoms with E-state index in [1.165, 1.54) is 5.56 Å². The highest BCUT2D eigenvalue weighted by Gasteiger charge is 2.19. The van der Waals surface area contributed by atoms with Crippen molar-refractivity contribution in [1.82, 2.24) is 0 Å². The molecule has 2 nitrogen and oxygen atoms in total. The zero-order valence-electron chi connectivity index (χ0n) is 14.1. The third-order valence-electron chi connectivity index (χ3n) is 4.16. The molecule has 0 bridgehead atoms. The third kappa shape index (κ3) is 6.62. The maximum atomic E-state index is 12.3. The van der Waals surface area contributed by atoms with Crippen LogP contribution in [0.15, 0.2) is 48.5 Å². The lowest BCUT2D eigenvalue weighted by Gasteiger charge is -2.06. The van der Waals surface area contributed by atoms with Crippen molar-refractivity contribution in [3.05, 3.63) is 69.7 Å². The molecule has 0 spiro atoms. The average Bonchev–Trinajstić information content (AvgIpc) is 2.61. The van der Waals surface area contributed by atoms with E-state index in [-0.39, 0.29) is 15.6 Å². The first-order chi connectivity index (χ1) is 12.1. The molecular weight excluding hydrogens is 374 g/mol. The Labute approximate surface area is 160 Å². The summed E-state index contributed by atoms with van der Waals surface area (Å²) in [7, 11) is -2.36. The van der Waals surface area contributed by atoms with Gasteiger partial charge >= 0.3 is 0 Å². The van der Waals surface area contributed by atoms with Crippen LogP contribution in [0.3, 0.4) is 0 Å². The number of halogens is 2. The quantitative estimate of drug-likeness (QED) is 0.323. The van der Waals surface area contributed by atoms with Gasteiger partial charge in [0.05, 0.1) is 15.6 Å². The number of benzene rings is 2. The number of rotatable bonds is 10. The molecule has 1 atom stereocenters. The van der Waals surface area contributed by atoms with E-state index in [1.807, 2.05) is 6.07 Å². The summed E-state index contributed by atoms with van der Waals surface area (Å²) < 4.78 is 12.2. The van der Waals surface area contributed by atoms with Gasteiger partial charge in [0.2, 0.25) is 5.52 Å². The lowest BCUT2D eigenvalue weighted by molar-refractivity contribution is 0.107. The van der Waals surface area contributed by atoms with Crippen molar-refractivity contribution in [2.45, 2.75) is 38.5 Å². The summed E-state index contributed by atoms with van der Waals surface area (Å²) in [5, 5.41) is 0.550. The molecular formula is C20H23Cl2O2P. The molecule has 0 heterocycles. The SMILES string of the molecule is O=C(c1c(Cl)cccc1Cl)[PH](=O)CCCCCCCc1ccccc1. The minimum atomic E-state index is -2.36. The standard InChI is InChI=1S/C20H23Cl2O2P/c21-17-13-9-14-18(22)19(17)20(23)25(24)15-8-3-1-2-5-10-16-11-6-4-7-12-16/h4,6-7,9,11-14,25H,1-3,5,8,10,15H2. The van der Waals surface area contributed by atoms with Gasteiger partial charge in [-0.05, 0) is 37.0 Å². The minimum Gasteiger partial charge on any atom is -0.318 e. The average molecular weight is 397 g/mol. The first-order valence-electron chi connectivity index (χ1n) is 8.65. The fraction of sp³-hybridized carbons (Fsp3) is 0.350. The molecule has 134 valence electrons. The monoisotopic (exact) mass is 396 g/mol. The van der Waals surface area contributed by atoms with Gasteiger partial charge in [0.1, 0.15) is 7.80 Å². The number of unbranched alkanes of at least 4 members (excludes halogenated alkanes) is 4. The Morgan fingerprint density at radius 1 is 0.800 bits per heavy atom. The van der Waals surface area contributed by atoms with E-state index in [4.69, 9.17) is 23.2 Å².